The van der Waals surface area contributed by atoms with Crippen LogP contribution in [0.15, 0.2) is 30.3 Å². The smallest absolute Gasteiger partial charge is 0.265 e. The van der Waals surface area contributed by atoms with Gasteiger partial charge in [-0.2, -0.15) is 0 Å². The van der Waals surface area contributed by atoms with E-state index in [2.05, 4.69) is 55.6 Å². The van der Waals surface area contributed by atoms with Crippen LogP contribution >= 0.6 is 0 Å². The summed E-state index contributed by atoms with van der Waals surface area (Å²) >= 11 is 0. The molecule has 1 aliphatic rings. The summed E-state index contributed by atoms with van der Waals surface area (Å²) < 4.78 is 1.87. The molecule has 1 atom stereocenters. The van der Waals surface area contributed by atoms with E-state index in [1.54, 1.807) is 0 Å². The standard InChI is InChI=1S/C19H28N6O/c1-18(2,3)25-16(20-22-23-25)15-19(4,5)12-9-13-24(15)21-17(26)14-10-7-6-8-11-14/h6-8,10-11,15H,9,12-13H2,1-5H3,(H,21,26). The Morgan fingerprint density at radius 2 is 1.92 bits per heavy atom. The number of hydrogen-bond donors (Lipinski definition) is 1. The van der Waals surface area contributed by atoms with Gasteiger partial charge in [0.15, 0.2) is 5.82 Å². The van der Waals surface area contributed by atoms with Gasteiger partial charge in [-0.3, -0.25) is 10.2 Å². The highest BCUT2D eigenvalue weighted by molar-refractivity contribution is 5.93. The third-order valence-corrected chi connectivity index (χ3v) is 4.93. The van der Waals surface area contributed by atoms with Gasteiger partial charge in [0.25, 0.3) is 5.91 Å². The van der Waals surface area contributed by atoms with Crippen molar-refractivity contribution >= 4 is 5.91 Å². The molecule has 7 nitrogen and oxygen atoms in total. The molecule has 1 aromatic carbocycles. The molecular formula is C19H28N6O. The number of carbonyl (C=O) groups is 1. The average molecular weight is 356 g/mol. The highest BCUT2D eigenvalue weighted by Crippen LogP contribution is 2.44. The van der Waals surface area contributed by atoms with E-state index in [9.17, 15) is 4.79 Å². The normalized spacial score (nSPS) is 20.7. The first kappa shape index (κ1) is 18.5. The Labute approximate surface area is 154 Å². The molecule has 0 spiro atoms. The van der Waals surface area contributed by atoms with Crippen LogP contribution in [0.1, 0.15) is 69.7 Å². The van der Waals surface area contributed by atoms with E-state index in [1.165, 1.54) is 0 Å². The van der Waals surface area contributed by atoms with Crippen LogP contribution in [0.2, 0.25) is 0 Å². The second-order valence-electron chi connectivity index (χ2n) is 8.61. The fourth-order valence-electron chi connectivity index (χ4n) is 3.63. The van der Waals surface area contributed by atoms with E-state index >= 15 is 0 Å². The fourth-order valence-corrected chi connectivity index (χ4v) is 3.63. The number of amides is 1. The molecule has 1 aromatic heterocycles. The van der Waals surface area contributed by atoms with Gasteiger partial charge < -0.3 is 0 Å². The first-order chi connectivity index (χ1) is 12.2. The summed E-state index contributed by atoms with van der Waals surface area (Å²) in [6.07, 6.45) is 2.06. The number of rotatable bonds is 3. The van der Waals surface area contributed by atoms with Crippen molar-refractivity contribution in [1.82, 2.24) is 30.6 Å². The highest BCUT2D eigenvalue weighted by atomic mass is 16.2. The number of benzene rings is 1. The van der Waals surface area contributed by atoms with Crippen LogP contribution in [0, 0.1) is 5.41 Å². The predicted octanol–water partition coefficient (Wildman–Crippen LogP) is 2.94. The largest absolute Gasteiger partial charge is 0.284 e. The lowest BCUT2D eigenvalue weighted by Crippen LogP contribution is -2.53. The zero-order valence-electron chi connectivity index (χ0n) is 16.2. The molecule has 0 bridgehead atoms. The molecular weight excluding hydrogens is 328 g/mol. The maximum atomic E-state index is 12.7. The van der Waals surface area contributed by atoms with Crippen molar-refractivity contribution in [1.29, 1.82) is 0 Å². The summed E-state index contributed by atoms with van der Waals surface area (Å²) in [5.74, 6) is 0.679. The second-order valence-corrected chi connectivity index (χ2v) is 8.61. The van der Waals surface area contributed by atoms with Gasteiger partial charge in [-0.1, -0.05) is 32.0 Å². The molecule has 7 heteroatoms. The zero-order valence-corrected chi connectivity index (χ0v) is 16.2. The van der Waals surface area contributed by atoms with Crippen LogP contribution in [0.3, 0.4) is 0 Å². The van der Waals surface area contributed by atoms with Crippen molar-refractivity contribution in [2.24, 2.45) is 5.41 Å². The lowest BCUT2D eigenvalue weighted by molar-refractivity contribution is -0.00867. The SMILES string of the molecule is CC1(C)CCCN(NC(=O)c2ccccc2)C1c1nnnn1C(C)(C)C. The molecule has 1 fully saturated rings. The van der Waals surface area contributed by atoms with Crippen molar-refractivity contribution in [2.75, 3.05) is 6.54 Å². The Balaban J connectivity index is 1.94. The molecule has 2 aromatic rings. The molecule has 1 amide bonds. The Morgan fingerprint density at radius 1 is 1.23 bits per heavy atom. The van der Waals surface area contributed by atoms with E-state index in [-0.39, 0.29) is 22.9 Å². The third kappa shape index (κ3) is 3.62. The van der Waals surface area contributed by atoms with Gasteiger partial charge in [-0.15, -0.1) is 5.10 Å². The number of aromatic nitrogens is 4. The number of hydrazine groups is 1. The van der Waals surface area contributed by atoms with Crippen molar-refractivity contribution < 1.29 is 4.79 Å². The number of nitrogens with zero attached hydrogens (tertiary/aromatic N) is 5. The van der Waals surface area contributed by atoms with E-state index in [1.807, 2.05) is 40.0 Å². The number of nitrogens with one attached hydrogen (secondary N) is 1. The van der Waals surface area contributed by atoms with Crippen LogP contribution in [0.4, 0.5) is 0 Å². The van der Waals surface area contributed by atoms with E-state index in [0.717, 1.165) is 25.2 Å². The summed E-state index contributed by atoms with van der Waals surface area (Å²) in [6.45, 7) is 11.4. The molecule has 1 unspecified atom stereocenters. The summed E-state index contributed by atoms with van der Waals surface area (Å²) in [6, 6.07) is 9.18. The molecule has 1 N–H and O–H groups in total. The molecule has 2 heterocycles. The Bertz CT molecular complexity index is 762. The first-order valence-corrected chi connectivity index (χ1v) is 9.11. The quantitative estimate of drug-likeness (QED) is 0.915. The van der Waals surface area contributed by atoms with Gasteiger partial charge in [-0.25, -0.2) is 9.69 Å². The summed E-state index contributed by atoms with van der Waals surface area (Å²) in [5.41, 5.74) is 3.43. The maximum Gasteiger partial charge on any atom is 0.265 e. The number of hydrogen-bond acceptors (Lipinski definition) is 5. The highest BCUT2D eigenvalue weighted by Gasteiger charge is 2.43. The van der Waals surface area contributed by atoms with Crippen molar-refractivity contribution in [3.63, 3.8) is 0 Å². The van der Waals surface area contributed by atoms with Gasteiger partial charge in [-0.05, 0) is 61.6 Å². The van der Waals surface area contributed by atoms with Gasteiger partial charge >= 0.3 is 0 Å². The Morgan fingerprint density at radius 3 is 2.58 bits per heavy atom. The average Bonchev–Trinajstić information content (AvgIpc) is 3.04. The molecule has 140 valence electrons. The Hall–Kier alpha value is -2.28. The topological polar surface area (TPSA) is 75.9 Å². The summed E-state index contributed by atoms with van der Waals surface area (Å²) in [7, 11) is 0. The number of carbonyl (C=O) groups excluding carboxylic acids is 1. The van der Waals surface area contributed by atoms with Crippen LogP contribution < -0.4 is 5.43 Å². The minimum atomic E-state index is -0.235. The van der Waals surface area contributed by atoms with Gasteiger partial charge in [0.2, 0.25) is 0 Å². The molecule has 1 saturated heterocycles. The van der Waals surface area contributed by atoms with Gasteiger partial charge in [0, 0.05) is 12.1 Å². The van der Waals surface area contributed by atoms with Crippen LogP contribution in [-0.4, -0.2) is 37.7 Å². The first-order valence-electron chi connectivity index (χ1n) is 9.11. The maximum absolute atomic E-state index is 12.7. The lowest BCUT2D eigenvalue weighted by atomic mass is 9.76. The monoisotopic (exact) mass is 356 g/mol. The van der Waals surface area contributed by atoms with Gasteiger partial charge in [0.1, 0.15) is 0 Å². The number of tetrazole rings is 1. The minimum Gasteiger partial charge on any atom is -0.284 e. The molecule has 3 rings (SSSR count). The molecule has 1 aliphatic heterocycles. The van der Waals surface area contributed by atoms with E-state index in [0.29, 0.717) is 5.56 Å². The predicted molar refractivity (Wildman–Crippen MR) is 99.2 cm³/mol. The third-order valence-electron chi connectivity index (χ3n) is 4.93. The second kappa shape index (κ2) is 6.79. The van der Waals surface area contributed by atoms with Crippen molar-refractivity contribution in [3.8, 4) is 0 Å². The van der Waals surface area contributed by atoms with E-state index in [4.69, 9.17) is 0 Å². The molecule has 26 heavy (non-hydrogen) atoms. The van der Waals surface area contributed by atoms with E-state index < -0.39 is 0 Å². The molecule has 0 radical (unpaired) electrons. The zero-order chi connectivity index (χ0) is 18.9. The van der Waals surface area contributed by atoms with Crippen LogP contribution in [0.25, 0.3) is 0 Å². The van der Waals surface area contributed by atoms with Crippen LogP contribution in [0.5, 0.6) is 0 Å². The number of piperidine rings is 1. The lowest BCUT2D eigenvalue weighted by Gasteiger charge is -2.45. The fraction of sp³-hybridized carbons (Fsp3) is 0.579. The van der Waals surface area contributed by atoms with Gasteiger partial charge in [0.05, 0.1) is 11.6 Å². The summed E-state index contributed by atoms with van der Waals surface area (Å²) in [4.78, 5) is 12.7. The molecule has 0 aliphatic carbocycles. The summed E-state index contributed by atoms with van der Waals surface area (Å²) in [5, 5.41) is 14.5. The molecule has 0 saturated carbocycles. The van der Waals surface area contributed by atoms with Crippen molar-refractivity contribution in [2.45, 2.75) is 59.0 Å². The minimum absolute atomic E-state index is 0.0695. The Kier molecular flexibility index (Phi) is 4.84. The van der Waals surface area contributed by atoms with Crippen molar-refractivity contribution in [3.05, 3.63) is 41.7 Å². The van der Waals surface area contributed by atoms with Crippen LogP contribution in [-0.2, 0) is 5.54 Å².